The highest BCUT2D eigenvalue weighted by atomic mass is 19.3. The summed E-state index contributed by atoms with van der Waals surface area (Å²) in [7, 11) is 0. The van der Waals surface area contributed by atoms with E-state index in [1.165, 1.54) is 6.08 Å². The van der Waals surface area contributed by atoms with Crippen molar-refractivity contribution >= 4 is 0 Å². The molecule has 0 saturated carbocycles. The lowest BCUT2D eigenvalue weighted by Gasteiger charge is -2.03. The molecule has 1 heterocycles. The number of rotatable bonds is 2. The fourth-order valence-corrected chi connectivity index (χ4v) is 1.07. The van der Waals surface area contributed by atoms with E-state index < -0.39 is 6.29 Å². The van der Waals surface area contributed by atoms with E-state index >= 15 is 0 Å². The first-order valence-corrected chi connectivity index (χ1v) is 4.30. The molecule has 0 aromatic carbocycles. The molecule has 14 heavy (non-hydrogen) atoms. The van der Waals surface area contributed by atoms with Gasteiger partial charge in [-0.2, -0.15) is 0 Å². The van der Waals surface area contributed by atoms with E-state index in [1.807, 2.05) is 19.9 Å². The topological polar surface area (TPSA) is 18.5 Å². The molecule has 0 atom stereocenters. The van der Waals surface area contributed by atoms with E-state index in [1.54, 1.807) is 0 Å². The SMILES string of the molecule is C=C1OC(F)(F)O/C1=C/C(=C\C)CC. The number of hydrogen-bond donors (Lipinski definition) is 0. The molecule has 0 spiro atoms. The summed E-state index contributed by atoms with van der Waals surface area (Å²) >= 11 is 0. The maximum atomic E-state index is 12.5. The van der Waals surface area contributed by atoms with Gasteiger partial charge in [0.05, 0.1) is 0 Å². The average Bonchev–Trinajstić information content (AvgIpc) is 2.35. The molecule has 1 aliphatic heterocycles. The Hall–Kier alpha value is -1.32. The zero-order chi connectivity index (χ0) is 10.8. The third-order valence-electron chi connectivity index (χ3n) is 1.84. The van der Waals surface area contributed by atoms with Gasteiger partial charge in [0.1, 0.15) is 0 Å². The van der Waals surface area contributed by atoms with Crippen molar-refractivity contribution in [2.75, 3.05) is 0 Å². The standard InChI is InChI=1S/C10H12F2O2/c1-4-8(5-2)6-9-7(3)13-10(11,12)14-9/h4,6H,3,5H2,1-2H3/b8-4-,9-6+. The summed E-state index contributed by atoms with van der Waals surface area (Å²) in [5.74, 6) is -0.146. The maximum absolute atomic E-state index is 12.5. The Morgan fingerprint density at radius 3 is 2.50 bits per heavy atom. The van der Waals surface area contributed by atoms with Gasteiger partial charge in [-0.1, -0.05) is 19.6 Å². The van der Waals surface area contributed by atoms with E-state index in [2.05, 4.69) is 16.1 Å². The average molecular weight is 202 g/mol. The maximum Gasteiger partial charge on any atom is 0.586 e. The predicted octanol–water partition coefficient (Wildman–Crippen LogP) is 3.34. The van der Waals surface area contributed by atoms with Gasteiger partial charge < -0.3 is 9.47 Å². The highest BCUT2D eigenvalue weighted by Gasteiger charge is 2.44. The van der Waals surface area contributed by atoms with Crippen molar-refractivity contribution in [1.29, 1.82) is 0 Å². The minimum atomic E-state index is -3.57. The van der Waals surface area contributed by atoms with Crippen molar-refractivity contribution in [3.8, 4) is 0 Å². The Labute approximate surface area is 81.5 Å². The van der Waals surface area contributed by atoms with Gasteiger partial charge in [-0.05, 0) is 25.0 Å². The molecule has 0 aromatic rings. The minimum Gasteiger partial charge on any atom is -0.396 e. The van der Waals surface area contributed by atoms with Gasteiger partial charge in [0.2, 0.25) is 0 Å². The Morgan fingerprint density at radius 2 is 2.14 bits per heavy atom. The molecular formula is C10H12F2O2. The number of hydrogen-bond acceptors (Lipinski definition) is 2. The van der Waals surface area contributed by atoms with Crippen molar-refractivity contribution in [3.63, 3.8) is 0 Å². The first-order chi connectivity index (χ1) is 6.48. The molecular weight excluding hydrogens is 190 g/mol. The lowest BCUT2D eigenvalue weighted by atomic mass is 10.1. The van der Waals surface area contributed by atoms with Crippen LogP contribution < -0.4 is 0 Å². The van der Waals surface area contributed by atoms with Gasteiger partial charge in [0, 0.05) is 0 Å². The van der Waals surface area contributed by atoms with Gasteiger partial charge in [-0.3, -0.25) is 0 Å². The van der Waals surface area contributed by atoms with Crippen LogP contribution in [0.1, 0.15) is 20.3 Å². The van der Waals surface area contributed by atoms with Crippen molar-refractivity contribution < 1.29 is 18.3 Å². The van der Waals surface area contributed by atoms with Gasteiger partial charge in [0.25, 0.3) is 0 Å². The fourth-order valence-electron chi connectivity index (χ4n) is 1.07. The molecule has 0 radical (unpaired) electrons. The molecule has 0 amide bonds. The van der Waals surface area contributed by atoms with Crippen molar-refractivity contribution in [2.45, 2.75) is 26.6 Å². The second-order valence-electron chi connectivity index (χ2n) is 2.82. The highest BCUT2D eigenvalue weighted by Crippen LogP contribution is 2.36. The van der Waals surface area contributed by atoms with E-state index in [0.717, 1.165) is 12.0 Å². The number of halogens is 2. The Bertz CT molecular complexity index is 303. The molecule has 0 N–H and O–H groups in total. The molecule has 1 aliphatic rings. The molecule has 1 rings (SSSR count). The van der Waals surface area contributed by atoms with Gasteiger partial charge >= 0.3 is 6.29 Å². The molecule has 0 aliphatic carbocycles. The quantitative estimate of drug-likeness (QED) is 0.683. The monoisotopic (exact) mass is 202 g/mol. The van der Waals surface area contributed by atoms with Gasteiger partial charge in [-0.15, -0.1) is 8.78 Å². The van der Waals surface area contributed by atoms with Crippen LogP contribution in [0, 0.1) is 0 Å². The summed E-state index contributed by atoms with van der Waals surface area (Å²) in [6.45, 7) is 7.08. The number of allylic oxidation sites excluding steroid dienone is 3. The second kappa shape index (κ2) is 3.82. The van der Waals surface area contributed by atoms with Crippen LogP contribution in [0.15, 0.2) is 35.8 Å². The third-order valence-corrected chi connectivity index (χ3v) is 1.84. The predicted molar refractivity (Wildman–Crippen MR) is 48.4 cm³/mol. The molecule has 0 unspecified atom stereocenters. The van der Waals surface area contributed by atoms with Crippen LogP contribution in [-0.4, -0.2) is 6.29 Å². The molecule has 78 valence electrons. The summed E-state index contributed by atoms with van der Waals surface area (Å²) in [6, 6.07) is 0. The smallest absolute Gasteiger partial charge is 0.396 e. The van der Waals surface area contributed by atoms with Crippen LogP contribution in [-0.2, 0) is 9.47 Å². The first-order valence-electron chi connectivity index (χ1n) is 4.30. The van der Waals surface area contributed by atoms with E-state index in [-0.39, 0.29) is 11.5 Å². The lowest BCUT2D eigenvalue weighted by Crippen LogP contribution is -2.14. The van der Waals surface area contributed by atoms with Crippen molar-refractivity contribution in [3.05, 3.63) is 35.8 Å². The van der Waals surface area contributed by atoms with E-state index in [0.29, 0.717) is 0 Å². The van der Waals surface area contributed by atoms with Crippen LogP contribution in [0.4, 0.5) is 8.78 Å². The fraction of sp³-hybridized carbons (Fsp3) is 0.400. The highest BCUT2D eigenvalue weighted by molar-refractivity contribution is 5.30. The van der Waals surface area contributed by atoms with Gasteiger partial charge in [0.15, 0.2) is 11.5 Å². The lowest BCUT2D eigenvalue weighted by molar-refractivity contribution is -0.326. The molecule has 2 nitrogen and oxygen atoms in total. The third kappa shape index (κ3) is 2.34. The van der Waals surface area contributed by atoms with Crippen LogP contribution in [0.2, 0.25) is 0 Å². The summed E-state index contributed by atoms with van der Waals surface area (Å²) in [6.07, 6.45) is 0.487. The largest absolute Gasteiger partial charge is 0.586 e. The zero-order valence-corrected chi connectivity index (χ0v) is 8.14. The summed E-state index contributed by atoms with van der Waals surface area (Å²) in [5.41, 5.74) is 0.891. The Kier molecular flexibility index (Phi) is 2.93. The van der Waals surface area contributed by atoms with Gasteiger partial charge in [-0.25, -0.2) is 0 Å². The Balaban J connectivity index is 2.85. The Morgan fingerprint density at radius 1 is 1.50 bits per heavy atom. The van der Waals surface area contributed by atoms with Crippen LogP contribution in [0.5, 0.6) is 0 Å². The minimum absolute atomic E-state index is 0.00931. The van der Waals surface area contributed by atoms with Crippen molar-refractivity contribution in [2.24, 2.45) is 0 Å². The summed E-state index contributed by atoms with van der Waals surface area (Å²) in [4.78, 5) is 0. The van der Waals surface area contributed by atoms with Crippen molar-refractivity contribution in [1.82, 2.24) is 0 Å². The second-order valence-corrected chi connectivity index (χ2v) is 2.82. The molecule has 0 bridgehead atoms. The molecule has 4 heteroatoms. The first kappa shape index (κ1) is 10.8. The molecule has 1 fully saturated rings. The molecule has 1 saturated heterocycles. The van der Waals surface area contributed by atoms with Crippen LogP contribution in [0.25, 0.3) is 0 Å². The summed E-state index contributed by atoms with van der Waals surface area (Å²) in [5, 5.41) is 0. The summed E-state index contributed by atoms with van der Waals surface area (Å²) < 4.78 is 33.4. The molecule has 0 aromatic heterocycles. The number of ether oxygens (including phenoxy) is 2. The zero-order valence-electron chi connectivity index (χ0n) is 8.14. The van der Waals surface area contributed by atoms with E-state index in [4.69, 9.17) is 0 Å². The van der Waals surface area contributed by atoms with Crippen LogP contribution >= 0.6 is 0 Å². The number of alkyl halides is 2. The van der Waals surface area contributed by atoms with E-state index in [9.17, 15) is 8.78 Å². The van der Waals surface area contributed by atoms with Crippen LogP contribution in [0.3, 0.4) is 0 Å². The normalized spacial score (nSPS) is 23.6.